The van der Waals surface area contributed by atoms with Gasteiger partial charge < -0.3 is 20.0 Å². The molecule has 6 heteroatoms. The van der Waals surface area contributed by atoms with Crippen molar-refractivity contribution in [1.82, 2.24) is 20.0 Å². The van der Waals surface area contributed by atoms with Crippen molar-refractivity contribution in [1.29, 1.82) is 0 Å². The van der Waals surface area contributed by atoms with Crippen LogP contribution in [0.3, 0.4) is 0 Å². The van der Waals surface area contributed by atoms with Crippen molar-refractivity contribution in [2.24, 2.45) is 10.9 Å². The second-order valence-corrected chi connectivity index (χ2v) is 8.90. The first-order valence-corrected chi connectivity index (χ1v) is 11.2. The number of guanidine groups is 1. The molecule has 0 bridgehead atoms. The van der Waals surface area contributed by atoms with Crippen molar-refractivity contribution in [3.63, 3.8) is 0 Å². The fourth-order valence-corrected chi connectivity index (χ4v) is 4.89. The van der Waals surface area contributed by atoms with E-state index in [1.165, 1.54) is 57.9 Å². The molecule has 2 aliphatic rings. The molecule has 0 amide bonds. The van der Waals surface area contributed by atoms with Gasteiger partial charge in [0.1, 0.15) is 0 Å². The lowest BCUT2D eigenvalue weighted by molar-refractivity contribution is 0.136. The molecule has 2 heterocycles. The number of hydrogen-bond donors (Lipinski definition) is 1. The van der Waals surface area contributed by atoms with Crippen LogP contribution in [-0.4, -0.2) is 97.6 Å². The van der Waals surface area contributed by atoms with E-state index in [0.717, 1.165) is 36.8 Å². The zero-order valence-electron chi connectivity index (χ0n) is 16.8. The van der Waals surface area contributed by atoms with Crippen LogP contribution in [0.25, 0.3) is 0 Å². The number of hydrogen-bond acceptors (Lipinski definition) is 4. The van der Waals surface area contributed by atoms with Gasteiger partial charge in [0.05, 0.1) is 0 Å². The molecular weight excluding hydrogens is 330 g/mol. The van der Waals surface area contributed by atoms with Crippen molar-refractivity contribution in [3.05, 3.63) is 0 Å². The van der Waals surface area contributed by atoms with Gasteiger partial charge in [0.2, 0.25) is 0 Å². The molecule has 146 valence electrons. The summed E-state index contributed by atoms with van der Waals surface area (Å²) in [5.74, 6) is 3.05. The summed E-state index contributed by atoms with van der Waals surface area (Å²) in [6.45, 7) is 17.6. The Bertz CT molecular complexity index is 393. The molecule has 0 aliphatic carbocycles. The lowest BCUT2D eigenvalue weighted by Gasteiger charge is -2.36. The summed E-state index contributed by atoms with van der Waals surface area (Å²) in [5.41, 5.74) is 0. The van der Waals surface area contributed by atoms with Crippen LogP contribution in [-0.2, 0) is 0 Å². The molecule has 2 saturated heterocycles. The van der Waals surface area contributed by atoms with E-state index < -0.39 is 0 Å². The van der Waals surface area contributed by atoms with Crippen molar-refractivity contribution in [2.45, 2.75) is 38.9 Å². The molecule has 5 nitrogen and oxygen atoms in total. The van der Waals surface area contributed by atoms with Gasteiger partial charge in [-0.3, -0.25) is 4.99 Å². The fraction of sp³-hybridized carbons (Fsp3) is 0.947. The van der Waals surface area contributed by atoms with Crippen molar-refractivity contribution >= 4 is 17.7 Å². The largest absolute Gasteiger partial charge is 0.356 e. The van der Waals surface area contributed by atoms with Crippen LogP contribution in [0.5, 0.6) is 0 Å². The number of piperazine rings is 1. The lowest BCUT2D eigenvalue weighted by atomic mass is 10.1. The number of likely N-dealkylation sites (N-methyl/N-ethyl adjacent to an activating group) is 1. The summed E-state index contributed by atoms with van der Waals surface area (Å²) in [4.78, 5) is 12.1. The second-order valence-electron chi connectivity index (χ2n) is 7.56. The monoisotopic (exact) mass is 369 g/mol. The van der Waals surface area contributed by atoms with Crippen LogP contribution in [0.2, 0.25) is 0 Å². The molecule has 0 aromatic heterocycles. The standard InChI is InChI=1S/C19H39N5S/c1-5-22-10-12-23(13-11-22)9-7-6-8-21-19(20-4)24-14-15-25-18(16-24)17(2)3/h17-18H,5-16H2,1-4H3,(H,20,21). The lowest BCUT2D eigenvalue weighted by Crippen LogP contribution is -2.49. The van der Waals surface area contributed by atoms with E-state index in [0.29, 0.717) is 0 Å². The summed E-state index contributed by atoms with van der Waals surface area (Å²) >= 11 is 2.12. The molecule has 2 aliphatic heterocycles. The van der Waals surface area contributed by atoms with Crippen molar-refractivity contribution in [3.8, 4) is 0 Å². The van der Waals surface area contributed by atoms with Crippen LogP contribution in [0.1, 0.15) is 33.6 Å². The Morgan fingerprint density at radius 2 is 1.84 bits per heavy atom. The summed E-state index contributed by atoms with van der Waals surface area (Å²) in [6.07, 6.45) is 2.50. The Balaban J connectivity index is 1.60. The molecule has 0 radical (unpaired) electrons. The molecule has 2 fully saturated rings. The smallest absolute Gasteiger partial charge is 0.193 e. The summed E-state index contributed by atoms with van der Waals surface area (Å²) in [5, 5.41) is 4.32. The average molecular weight is 370 g/mol. The first-order chi connectivity index (χ1) is 12.1. The van der Waals surface area contributed by atoms with E-state index in [2.05, 4.69) is 57.5 Å². The van der Waals surface area contributed by atoms with Crippen LogP contribution >= 0.6 is 11.8 Å². The molecular formula is C19H39N5S. The molecule has 0 spiro atoms. The number of thioether (sulfide) groups is 1. The zero-order chi connectivity index (χ0) is 18.1. The van der Waals surface area contributed by atoms with Gasteiger partial charge in [0.15, 0.2) is 5.96 Å². The Labute approximate surface area is 159 Å². The number of unbranched alkanes of at least 4 members (excludes halogenated alkanes) is 1. The highest BCUT2D eigenvalue weighted by molar-refractivity contribution is 8.00. The van der Waals surface area contributed by atoms with Gasteiger partial charge in [0, 0.05) is 63.9 Å². The highest BCUT2D eigenvalue weighted by Crippen LogP contribution is 2.24. The Hall–Kier alpha value is -0.460. The van der Waals surface area contributed by atoms with Gasteiger partial charge in [-0.15, -0.1) is 0 Å². The van der Waals surface area contributed by atoms with Gasteiger partial charge in [-0.2, -0.15) is 11.8 Å². The number of aliphatic imine (C=N–C) groups is 1. The van der Waals surface area contributed by atoms with Gasteiger partial charge in [0.25, 0.3) is 0 Å². The van der Waals surface area contributed by atoms with Crippen LogP contribution < -0.4 is 5.32 Å². The normalized spacial score (nSPS) is 24.1. The summed E-state index contributed by atoms with van der Waals surface area (Å²) in [6, 6.07) is 0. The van der Waals surface area contributed by atoms with E-state index in [1.54, 1.807) is 0 Å². The van der Waals surface area contributed by atoms with Crippen molar-refractivity contribution < 1.29 is 0 Å². The molecule has 2 rings (SSSR count). The maximum Gasteiger partial charge on any atom is 0.193 e. The Morgan fingerprint density at radius 1 is 1.12 bits per heavy atom. The summed E-state index contributed by atoms with van der Waals surface area (Å²) < 4.78 is 0. The fourth-order valence-electron chi connectivity index (χ4n) is 3.59. The average Bonchev–Trinajstić information content (AvgIpc) is 2.65. The number of rotatable bonds is 7. The topological polar surface area (TPSA) is 34.1 Å². The third-order valence-corrected chi connectivity index (χ3v) is 6.98. The maximum absolute atomic E-state index is 4.52. The number of nitrogens with one attached hydrogen (secondary N) is 1. The van der Waals surface area contributed by atoms with E-state index in [9.17, 15) is 0 Å². The van der Waals surface area contributed by atoms with Crippen LogP contribution in [0.4, 0.5) is 0 Å². The predicted octanol–water partition coefficient (Wildman–Crippen LogP) is 2.05. The molecule has 0 saturated carbocycles. The van der Waals surface area contributed by atoms with Gasteiger partial charge >= 0.3 is 0 Å². The van der Waals surface area contributed by atoms with Crippen LogP contribution in [0, 0.1) is 5.92 Å². The third-order valence-electron chi connectivity index (χ3n) is 5.44. The molecule has 0 aromatic carbocycles. The minimum atomic E-state index is 0.731. The predicted molar refractivity (Wildman–Crippen MR) is 112 cm³/mol. The third kappa shape index (κ3) is 6.99. The minimum Gasteiger partial charge on any atom is -0.356 e. The van der Waals surface area contributed by atoms with Gasteiger partial charge in [-0.1, -0.05) is 20.8 Å². The Kier molecular flexibility index (Phi) is 9.42. The van der Waals surface area contributed by atoms with E-state index in [-0.39, 0.29) is 0 Å². The first kappa shape index (κ1) is 20.8. The number of nitrogens with zero attached hydrogens (tertiary/aromatic N) is 4. The zero-order valence-corrected chi connectivity index (χ0v) is 17.7. The Morgan fingerprint density at radius 3 is 2.48 bits per heavy atom. The van der Waals surface area contributed by atoms with Gasteiger partial charge in [-0.25, -0.2) is 0 Å². The van der Waals surface area contributed by atoms with Crippen molar-refractivity contribution in [2.75, 3.05) is 71.7 Å². The van der Waals surface area contributed by atoms with E-state index in [4.69, 9.17) is 0 Å². The molecule has 1 unspecified atom stereocenters. The quantitative estimate of drug-likeness (QED) is 0.422. The second kappa shape index (κ2) is 11.3. The summed E-state index contributed by atoms with van der Waals surface area (Å²) in [7, 11) is 1.92. The highest BCUT2D eigenvalue weighted by atomic mass is 32.2. The van der Waals surface area contributed by atoms with Crippen LogP contribution in [0.15, 0.2) is 4.99 Å². The molecule has 0 aromatic rings. The van der Waals surface area contributed by atoms with E-state index >= 15 is 0 Å². The van der Waals surface area contributed by atoms with Gasteiger partial charge in [-0.05, 0) is 31.8 Å². The van der Waals surface area contributed by atoms with E-state index in [1.807, 2.05) is 7.05 Å². The minimum absolute atomic E-state index is 0.731. The maximum atomic E-state index is 4.52. The highest BCUT2D eigenvalue weighted by Gasteiger charge is 2.24. The first-order valence-electron chi connectivity index (χ1n) is 10.2. The SMILES string of the molecule is CCN1CCN(CCCCNC(=NC)N2CCSC(C(C)C)C2)CC1. The molecule has 1 N–H and O–H groups in total. The molecule has 1 atom stereocenters. The molecule has 25 heavy (non-hydrogen) atoms.